The van der Waals surface area contributed by atoms with Gasteiger partial charge in [0.2, 0.25) is 5.91 Å². The lowest BCUT2D eigenvalue weighted by Crippen LogP contribution is -2.37. The van der Waals surface area contributed by atoms with E-state index in [2.05, 4.69) is 20.9 Å². The van der Waals surface area contributed by atoms with Gasteiger partial charge in [-0.3, -0.25) is 14.9 Å². The summed E-state index contributed by atoms with van der Waals surface area (Å²) in [5, 5.41) is 8.46. The lowest BCUT2D eigenvalue weighted by Gasteiger charge is -2.21. The van der Waals surface area contributed by atoms with E-state index in [9.17, 15) is 14.4 Å². The quantitative estimate of drug-likeness (QED) is 0.706. The number of rotatable bonds is 4. The summed E-state index contributed by atoms with van der Waals surface area (Å²) in [5.74, 6) is -0.443. The van der Waals surface area contributed by atoms with E-state index in [0.717, 1.165) is 30.0 Å². The number of carbonyl (C=O) groups is 3. The van der Waals surface area contributed by atoms with Gasteiger partial charge in [0.25, 0.3) is 5.91 Å². The summed E-state index contributed by atoms with van der Waals surface area (Å²) in [6.45, 7) is 2.53. The Labute approximate surface area is 131 Å². The molecule has 1 aliphatic carbocycles. The molecule has 1 unspecified atom stereocenters. The molecule has 2 atom stereocenters. The highest BCUT2D eigenvalue weighted by Crippen LogP contribution is 2.34. The Hall–Kier alpha value is -1.96. The number of carbonyl (C=O) groups excluding carboxylic acids is 3. The summed E-state index contributed by atoms with van der Waals surface area (Å²) < 4.78 is 0. The molecule has 3 rings (SSSR count). The molecular weight excluding hydrogens is 304 g/mol. The second-order valence-electron chi connectivity index (χ2n) is 5.65. The number of hydrogen-bond donors (Lipinski definition) is 3. The van der Waals surface area contributed by atoms with Crippen molar-refractivity contribution in [1.82, 2.24) is 20.9 Å². The van der Waals surface area contributed by atoms with Crippen molar-refractivity contribution < 1.29 is 14.4 Å². The first-order valence-corrected chi connectivity index (χ1v) is 8.19. The normalized spacial score (nSPS) is 23.7. The molecule has 1 aliphatic heterocycles. The van der Waals surface area contributed by atoms with Gasteiger partial charge in [-0.15, -0.1) is 11.3 Å². The third-order valence-corrected chi connectivity index (χ3v) is 5.02. The maximum atomic E-state index is 12.0. The van der Waals surface area contributed by atoms with Gasteiger partial charge in [-0.2, -0.15) is 0 Å². The average molecular weight is 322 g/mol. The van der Waals surface area contributed by atoms with Gasteiger partial charge in [-0.25, -0.2) is 9.78 Å². The molecule has 1 fully saturated rings. The molecule has 0 radical (unpaired) electrons. The highest BCUT2D eigenvalue weighted by Gasteiger charge is 2.31. The van der Waals surface area contributed by atoms with Crippen molar-refractivity contribution in [1.29, 1.82) is 0 Å². The van der Waals surface area contributed by atoms with Gasteiger partial charge in [0, 0.05) is 17.3 Å². The van der Waals surface area contributed by atoms with Crippen LogP contribution in [0.1, 0.15) is 40.8 Å². The fourth-order valence-electron chi connectivity index (χ4n) is 2.93. The Balaban J connectivity index is 1.54. The van der Waals surface area contributed by atoms with Crippen LogP contribution in [0.4, 0.5) is 4.79 Å². The number of amides is 4. The zero-order valence-corrected chi connectivity index (χ0v) is 13.1. The molecule has 1 aromatic rings. The zero-order chi connectivity index (χ0) is 15.7. The van der Waals surface area contributed by atoms with Crippen LogP contribution in [0.3, 0.4) is 0 Å². The van der Waals surface area contributed by atoms with Crippen LogP contribution < -0.4 is 16.0 Å². The van der Waals surface area contributed by atoms with Crippen LogP contribution in [-0.2, 0) is 16.0 Å². The first-order valence-electron chi connectivity index (χ1n) is 7.37. The number of fused-ring (bicyclic) bond motifs is 1. The highest BCUT2D eigenvalue weighted by molar-refractivity contribution is 7.11. The smallest absolute Gasteiger partial charge is 0.322 e. The molecule has 1 aromatic heterocycles. The summed E-state index contributed by atoms with van der Waals surface area (Å²) in [7, 11) is 0. The molecule has 7 nitrogen and oxygen atoms in total. The third-order valence-electron chi connectivity index (χ3n) is 3.97. The lowest BCUT2D eigenvalue weighted by molar-refractivity contribution is -0.126. The molecule has 0 bridgehead atoms. The summed E-state index contributed by atoms with van der Waals surface area (Å²) in [5.41, 5.74) is 1.11. The van der Waals surface area contributed by atoms with E-state index in [1.807, 2.05) is 6.92 Å². The van der Waals surface area contributed by atoms with Crippen molar-refractivity contribution >= 4 is 29.2 Å². The predicted molar refractivity (Wildman–Crippen MR) is 80.6 cm³/mol. The summed E-state index contributed by atoms with van der Waals surface area (Å²) >= 11 is 1.73. The fraction of sp³-hybridized carbons (Fsp3) is 0.571. The molecule has 118 valence electrons. The van der Waals surface area contributed by atoms with E-state index in [1.165, 1.54) is 4.88 Å². The molecule has 1 saturated heterocycles. The number of aromatic nitrogens is 1. The van der Waals surface area contributed by atoms with Crippen LogP contribution in [0, 0.1) is 6.92 Å². The van der Waals surface area contributed by atoms with Gasteiger partial charge in [0.15, 0.2) is 0 Å². The topological polar surface area (TPSA) is 100 Å². The molecular formula is C14H18N4O3S. The molecule has 2 aliphatic rings. The number of thiazole rings is 1. The second-order valence-corrected chi connectivity index (χ2v) is 6.94. The number of aryl methyl sites for hydroxylation is 2. The zero-order valence-electron chi connectivity index (χ0n) is 12.3. The molecule has 0 spiro atoms. The molecule has 2 heterocycles. The van der Waals surface area contributed by atoms with Gasteiger partial charge in [0.05, 0.1) is 17.1 Å². The lowest BCUT2D eigenvalue weighted by atomic mass is 9.91. The second kappa shape index (κ2) is 6.04. The van der Waals surface area contributed by atoms with Crippen LogP contribution >= 0.6 is 11.3 Å². The Morgan fingerprint density at radius 3 is 3.00 bits per heavy atom. The van der Waals surface area contributed by atoms with Gasteiger partial charge >= 0.3 is 6.03 Å². The fourth-order valence-corrected chi connectivity index (χ4v) is 3.99. The van der Waals surface area contributed by atoms with Crippen molar-refractivity contribution in [3.63, 3.8) is 0 Å². The third kappa shape index (κ3) is 3.11. The van der Waals surface area contributed by atoms with E-state index in [-0.39, 0.29) is 18.2 Å². The largest absolute Gasteiger partial charge is 0.355 e. The highest BCUT2D eigenvalue weighted by atomic mass is 32.1. The van der Waals surface area contributed by atoms with Crippen molar-refractivity contribution in [2.45, 2.75) is 44.6 Å². The Kier molecular flexibility index (Phi) is 4.10. The van der Waals surface area contributed by atoms with E-state index >= 15 is 0 Å². The number of nitrogens with one attached hydrogen (secondary N) is 3. The maximum Gasteiger partial charge on any atom is 0.322 e. The molecule has 4 amide bonds. The number of nitrogens with zero attached hydrogens (tertiary/aromatic N) is 1. The van der Waals surface area contributed by atoms with E-state index < -0.39 is 18.0 Å². The van der Waals surface area contributed by atoms with E-state index in [4.69, 9.17) is 0 Å². The molecule has 0 saturated carbocycles. The van der Waals surface area contributed by atoms with E-state index in [1.54, 1.807) is 11.3 Å². The molecule has 0 aromatic carbocycles. The summed E-state index contributed by atoms with van der Waals surface area (Å²) in [6, 6.07) is -1.31. The van der Waals surface area contributed by atoms with Crippen molar-refractivity contribution in [2.75, 3.05) is 6.54 Å². The summed E-state index contributed by atoms with van der Waals surface area (Å²) in [4.78, 5) is 40.3. The van der Waals surface area contributed by atoms with Crippen LogP contribution in [-0.4, -0.2) is 35.4 Å². The SMILES string of the molecule is Cc1nc2c(s1)CCCC2CNC(=O)C[C@@H]1NC(=O)NC1=O. The van der Waals surface area contributed by atoms with Gasteiger partial charge in [0.1, 0.15) is 6.04 Å². The Bertz CT molecular complexity index is 628. The minimum atomic E-state index is -0.768. The van der Waals surface area contributed by atoms with Crippen molar-refractivity contribution in [3.05, 3.63) is 15.6 Å². The first-order chi connectivity index (χ1) is 10.5. The van der Waals surface area contributed by atoms with Crippen molar-refractivity contribution in [3.8, 4) is 0 Å². The predicted octanol–water partition coefficient (Wildman–Crippen LogP) is 0.586. The minimum absolute atomic E-state index is 0.0345. The Morgan fingerprint density at radius 1 is 1.45 bits per heavy atom. The standard InChI is InChI=1S/C14H18N4O3S/c1-7-16-12-8(3-2-4-10(12)22-7)6-15-11(19)5-9-13(20)18-14(21)17-9/h8-9H,2-6H2,1H3,(H,15,19)(H2,17,18,20,21)/t8?,9-/m0/s1. The van der Waals surface area contributed by atoms with Crippen LogP contribution in [0.15, 0.2) is 0 Å². The minimum Gasteiger partial charge on any atom is -0.355 e. The first kappa shape index (κ1) is 15.0. The molecule has 22 heavy (non-hydrogen) atoms. The van der Waals surface area contributed by atoms with Gasteiger partial charge in [-0.05, 0) is 26.2 Å². The summed E-state index contributed by atoms with van der Waals surface area (Å²) in [6.07, 6.45) is 3.15. The van der Waals surface area contributed by atoms with Gasteiger partial charge < -0.3 is 10.6 Å². The monoisotopic (exact) mass is 322 g/mol. The van der Waals surface area contributed by atoms with Crippen LogP contribution in [0.25, 0.3) is 0 Å². The van der Waals surface area contributed by atoms with Crippen molar-refractivity contribution in [2.24, 2.45) is 0 Å². The molecule has 8 heteroatoms. The Morgan fingerprint density at radius 2 is 2.27 bits per heavy atom. The van der Waals surface area contributed by atoms with Crippen LogP contribution in [0.2, 0.25) is 0 Å². The number of imide groups is 1. The van der Waals surface area contributed by atoms with E-state index in [0.29, 0.717) is 6.54 Å². The average Bonchev–Trinajstić information content (AvgIpc) is 2.98. The maximum absolute atomic E-state index is 12.0. The van der Waals surface area contributed by atoms with Gasteiger partial charge in [-0.1, -0.05) is 0 Å². The number of urea groups is 1. The van der Waals surface area contributed by atoms with Crippen LogP contribution in [0.5, 0.6) is 0 Å². The molecule has 3 N–H and O–H groups in total. The number of hydrogen-bond acceptors (Lipinski definition) is 5.